The molecule has 1 heterocycles. The van der Waals surface area contributed by atoms with Crippen LogP contribution in [0.2, 0.25) is 0 Å². The highest BCUT2D eigenvalue weighted by Crippen LogP contribution is 2.33. The third kappa shape index (κ3) is 2.71. The number of rotatable bonds is 4. The molecule has 1 atom stereocenters. The van der Waals surface area contributed by atoms with Gasteiger partial charge in [-0.25, -0.2) is 0 Å². The van der Waals surface area contributed by atoms with Gasteiger partial charge in [0.05, 0.1) is 12.0 Å². The number of hydrogen-bond acceptors (Lipinski definition) is 3. The summed E-state index contributed by atoms with van der Waals surface area (Å²) >= 11 is 0. The first-order chi connectivity index (χ1) is 6.62. The standard InChI is InChI=1S/C11H20O3/c1-4-6-11(7-5-2)8-10(12)13-9(3)14-11/h9H,4-8H2,1-3H3. The van der Waals surface area contributed by atoms with Gasteiger partial charge >= 0.3 is 5.97 Å². The Morgan fingerprint density at radius 3 is 2.36 bits per heavy atom. The number of hydrogen-bond donors (Lipinski definition) is 0. The van der Waals surface area contributed by atoms with Crippen molar-refractivity contribution < 1.29 is 14.3 Å². The lowest BCUT2D eigenvalue weighted by atomic mass is 9.88. The minimum Gasteiger partial charge on any atom is -0.436 e. The monoisotopic (exact) mass is 200 g/mol. The Bertz CT molecular complexity index is 195. The molecule has 14 heavy (non-hydrogen) atoms. The molecule has 0 N–H and O–H groups in total. The fourth-order valence-corrected chi connectivity index (χ4v) is 2.24. The molecule has 0 radical (unpaired) electrons. The van der Waals surface area contributed by atoms with E-state index in [-0.39, 0.29) is 17.9 Å². The highest BCUT2D eigenvalue weighted by atomic mass is 16.7. The summed E-state index contributed by atoms with van der Waals surface area (Å²) in [6, 6.07) is 0. The molecule has 3 nitrogen and oxygen atoms in total. The van der Waals surface area contributed by atoms with Crippen molar-refractivity contribution in [3.05, 3.63) is 0 Å². The molecule has 1 saturated heterocycles. The number of esters is 1. The fourth-order valence-electron chi connectivity index (χ4n) is 2.24. The summed E-state index contributed by atoms with van der Waals surface area (Å²) in [5, 5.41) is 0. The van der Waals surface area contributed by atoms with Gasteiger partial charge in [-0.1, -0.05) is 26.7 Å². The third-order valence-electron chi connectivity index (χ3n) is 2.59. The molecule has 0 saturated carbocycles. The lowest BCUT2D eigenvalue weighted by Gasteiger charge is -2.39. The van der Waals surface area contributed by atoms with Gasteiger partial charge in [0.25, 0.3) is 0 Å². The van der Waals surface area contributed by atoms with E-state index in [1.54, 1.807) is 6.92 Å². The van der Waals surface area contributed by atoms with Gasteiger partial charge < -0.3 is 9.47 Å². The van der Waals surface area contributed by atoms with Crippen LogP contribution in [-0.2, 0) is 14.3 Å². The van der Waals surface area contributed by atoms with Crippen molar-refractivity contribution in [1.29, 1.82) is 0 Å². The van der Waals surface area contributed by atoms with Gasteiger partial charge in [0.1, 0.15) is 0 Å². The lowest BCUT2D eigenvalue weighted by molar-refractivity contribution is -0.242. The van der Waals surface area contributed by atoms with Crippen molar-refractivity contribution >= 4 is 5.97 Å². The normalized spacial score (nSPS) is 25.9. The fraction of sp³-hybridized carbons (Fsp3) is 0.909. The van der Waals surface area contributed by atoms with Crippen LogP contribution >= 0.6 is 0 Å². The first kappa shape index (κ1) is 11.5. The molecule has 1 unspecified atom stereocenters. The van der Waals surface area contributed by atoms with Crippen molar-refractivity contribution in [3.8, 4) is 0 Å². The second-order valence-electron chi connectivity index (χ2n) is 4.04. The molecular weight excluding hydrogens is 180 g/mol. The second-order valence-corrected chi connectivity index (χ2v) is 4.04. The Kier molecular flexibility index (Phi) is 3.93. The Hall–Kier alpha value is -0.570. The summed E-state index contributed by atoms with van der Waals surface area (Å²) in [5.74, 6) is -0.120. The molecule has 0 aliphatic carbocycles. The number of cyclic esters (lactones) is 1. The van der Waals surface area contributed by atoms with Crippen LogP contribution in [0.3, 0.4) is 0 Å². The largest absolute Gasteiger partial charge is 0.436 e. The van der Waals surface area contributed by atoms with Gasteiger partial charge in [0.2, 0.25) is 6.29 Å². The van der Waals surface area contributed by atoms with Crippen LogP contribution < -0.4 is 0 Å². The molecule has 1 aliphatic rings. The van der Waals surface area contributed by atoms with Crippen LogP contribution in [0.1, 0.15) is 52.9 Å². The maximum Gasteiger partial charge on any atom is 0.311 e. The average molecular weight is 200 g/mol. The maximum absolute atomic E-state index is 11.3. The second kappa shape index (κ2) is 4.78. The van der Waals surface area contributed by atoms with E-state index in [2.05, 4.69) is 13.8 Å². The zero-order chi connectivity index (χ0) is 10.6. The molecule has 0 amide bonds. The van der Waals surface area contributed by atoms with Gasteiger partial charge in [-0.15, -0.1) is 0 Å². The van der Waals surface area contributed by atoms with Crippen molar-refractivity contribution in [2.24, 2.45) is 0 Å². The van der Waals surface area contributed by atoms with Crippen LogP contribution in [0.25, 0.3) is 0 Å². The minimum absolute atomic E-state index is 0.120. The summed E-state index contributed by atoms with van der Waals surface area (Å²) in [7, 11) is 0. The van der Waals surface area contributed by atoms with Gasteiger partial charge in [-0.05, 0) is 19.8 Å². The van der Waals surface area contributed by atoms with Crippen LogP contribution in [0.4, 0.5) is 0 Å². The molecular formula is C11H20O3. The average Bonchev–Trinajstić information content (AvgIpc) is 2.02. The van der Waals surface area contributed by atoms with Crippen LogP contribution in [0, 0.1) is 0 Å². The van der Waals surface area contributed by atoms with E-state index < -0.39 is 0 Å². The molecule has 82 valence electrons. The van der Waals surface area contributed by atoms with E-state index >= 15 is 0 Å². The van der Waals surface area contributed by atoms with E-state index in [0.717, 1.165) is 25.7 Å². The van der Waals surface area contributed by atoms with Gasteiger partial charge in [0, 0.05) is 0 Å². The van der Waals surface area contributed by atoms with Crippen molar-refractivity contribution in [3.63, 3.8) is 0 Å². The zero-order valence-electron chi connectivity index (χ0n) is 9.34. The van der Waals surface area contributed by atoms with Crippen LogP contribution in [-0.4, -0.2) is 17.9 Å². The van der Waals surface area contributed by atoms with Crippen LogP contribution in [0.15, 0.2) is 0 Å². The Balaban J connectivity index is 2.68. The summed E-state index contributed by atoms with van der Waals surface area (Å²) in [6.45, 7) is 6.02. The predicted octanol–water partition coefficient (Wildman–Crippen LogP) is 2.63. The van der Waals surface area contributed by atoms with Gasteiger partial charge in [-0.2, -0.15) is 0 Å². The van der Waals surface area contributed by atoms with E-state index in [4.69, 9.17) is 9.47 Å². The molecule has 1 aliphatic heterocycles. The third-order valence-corrected chi connectivity index (χ3v) is 2.59. The maximum atomic E-state index is 11.3. The highest BCUT2D eigenvalue weighted by molar-refractivity contribution is 5.71. The summed E-state index contributed by atoms with van der Waals surface area (Å²) in [6.07, 6.45) is 4.01. The Labute approximate surface area is 85.8 Å². The molecule has 0 bridgehead atoms. The van der Waals surface area contributed by atoms with Gasteiger partial charge in [-0.3, -0.25) is 4.79 Å². The summed E-state index contributed by atoms with van der Waals surface area (Å²) < 4.78 is 10.8. The zero-order valence-corrected chi connectivity index (χ0v) is 9.34. The predicted molar refractivity (Wildman–Crippen MR) is 53.8 cm³/mol. The van der Waals surface area contributed by atoms with Crippen LogP contribution in [0.5, 0.6) is 0 Å². The van der Waals surface area contributed by atoms with Gasteiger partial charge in [0.15, 0.2) is 0 Å². The molecule has 1 fully saturated rings. The molecule has 0 aromatic heterocycles. The molecule has 3 heteroatoms. The first-order valence-electron chi connectivity index (χ1n) is 5.49. The molecule has 0 aromatic carbocycles. The highest BCUT2D eigenvalue weighted by Gasteiger charge is 2.39. The van der Waals surface area contributed by atoms with Crippen molar-refractivity contribution in [1.82, 2.24) is 0 Å². The van der Waals surface area contributed by atoms with Crippen molar-refractivity contribution in [2.45, 2.75) is 64.8 Å². The molecule has 0 spiro atoms. The first-order valence-corrected chi connectivity index (χ1v) is 5.49. The van der Waals surface area contributed by atoms with E-state index in [1.807, 2.05) is 0 Å². The smallest absolute Gasteiger partial charge is 0.311 e. The Morgan fingerprint density at radius 1 is 1.36 bits per heavy atom. The topological polar surface area (TPSA) is 35.5 Å². The SMILES string of the molecule is CCCC1(CCC)CC(=O)OC(C)O1. The lowest BCUT2D eigenvalue weighted by Crippen LogP contribution is -2.44. The minimum atomic E-state index is -0.380. The van der Waals surface area contributed by atoms with E-state index in [0.29, 0.717) is 6.42 Å². The van der Waals surface area contributed by atoms with E-state index in [1.165, 1.54) is 0 Å². The number of carbonyl (C=O) groups excluding carboxylic acids is 1. The van der Waals surface area contributed by atoms with Crippen molar-refractivity contribution in [2.75, 3.05) is 0 Å². The Morgan fingerprint density at radius 2 is 1.93 bits per heavy atom. The summed E-state index contributed by atoms with van der Waals surface area (Å²) in [4.78, 5) is 11.3. The number of ether oxygens (including phenoxy) is 2. The summed E-state index contributed by atoms with van der Waals surface area (Å²) in [5.41, 5.74) is -0.252. The quantitative estimate of drug-likeness (QED) is 0.654. The molecule has 1 rings (SSSR count). The molecule has 0 aromatic rings. The number of carbonyl (C=O) groups is 1. The van der Waals surface area contributed by atoms with E-state index in [9.17, 15) is 4.79 Å².